The van der Waals surface area contributed by atoms with Gasteiger partial charge < -0.3 is 4.74 Å². The van der Waals surface area contributed by atoms with Crippen molar-refractivity contribution in [3.8, 4) is 11.6 Å². The number of halogens is 1. The number of aryl methyl sites for hydroxylation is 2. The predicted molar refractivity (Wildman–Crippen MR) is 63.0 cm³/mol. The van der Waals surface area contributed by atoms with Crippen LogP contribution in [0, 0.1) is 13.8 Å². The van der Waals surface area contributed by atoms with E-state index in [0.29, 0.717) is 10.9 Å². The first-order valence-electron chi connectivity index (χ1n) is 4.90. The second-order valence-electron chi connectivity index (χ2n) is 3.51. The maximum Gasteiger partial charge on any atom is 0.257 e. The second-order valence-corrected chi connectivity index (χ2v) is 3.91. The van der Waals surface area contributed by atoms with E-state index in [0.717, 1.165) is 16.9 Å². The van der Waals surface area contributed by atoms with Crippen molar-refractivity contribution in [2.45, 2.75) is 13.8 Å². The van der Waals surface area contributed by atoms with Gasteiger partial charge in [-0.15, -0.1) is 5.10 Å². The topological polar surface area (TPSA) is 35.0 Å². The van der Waals surface area contributed by atoms with E-state index in [9.17, 15) is 0 Å². The zero-order valence-electron chi connectivity index (χ0n) is 9.07. The molecule has 0 fully saturated rings. The Hall–Kier alpha value is -1.61. The van der Waals surface area contributed by atoms with Crippen molar-refractivity contribution in [2.24, 2.45) is 0 Å². The lowest BCUT2D eigenvalue weighted by Gasteiger charge is -2.10. The Morgan fingerprint density at radius 3 is 2.44 bits per heavy atom. The van der Waals surface area contributed by atoms with Gasteiger partial charge in [-0.2, -0.15) is 5.10 Å². The Bertz CT molecular complexity index is 494. The molecule has 1 aromatic carbocycles. The summed E-state index contributed by atoms with van der Waals surface area (Å²) < 4.78 is 5.67. The molecule has 4 heteroatoms. The summed E-state index contributed by atoms with van der Waals surface area (Å²) in [6.45, 7) is 3.96. The second kappa shape index (κ2) is 4.49. The van der Waals surface area contributed by atoms with Gasteiger partial charge >= 0.3 is 0 Å². The molecular formula is C12H11ClN2O. The summed E-state index contributed by atoms with van der Waals surface area (Å²) in [6.07, 6.45) is 1.53. The highest BCUT2D eigenvalue weighted by molar-refractivity contribution is 6.31. The Kier molecular flexibility index (Phi) is 3.06. The standard InChI is InChI=1S/C12H11ClN2O/c1-8-4-3-5-9(2)11(8)16-12-10(13)6-7-14-15-12/h3-7H,1-2H3. The minimum absolute atomic E-state index is 0.335. The molecule has 0 unspecified atom stereocenters. The van der Waals surface area contributed by atoms with Crippen molar-refractivity contribution < 1.29 is 4.74 Å². The SMILES string of the molecule is Cc1cccc(C)c1Oc1nnccc1Cl. The first-order chi connectivity index (χ1) is 7.68. The van der Waals surface area contributed by atoms with Gasteiger partial charge in [0.25, 0.3) is 5.88 Å². The van der Waals surface area contributed by atoms with Gasteiger partial charge in [0, 0.05) is 0 Å². The highest BCUT2D eigenvalue weighted by Gasteiger charge is 2.08. The van der Waals surface area contributed by atoms with Crippen molar-refractivity contribution in [3.63, 3.8) is 0 Å². The molecule has 1 heterocycles. The van der Waals surface area contributed by atoms with E-state index in [-0.39, 0.29) is 0 Å². The molecule has 0 saturated heterocycles. The van der Waals surface area contributed by atoms with Crippen molar-refractivity contribution >= 4 is 11.6 Å². The molecule has 0 saturated carbocycles. The number of nitrogens with zero attached hydrogens (tertiary/aromatic N) is 2. The fourth-order valence-corrected chi connectivity index (χ4v) is 1.56. The summed E-state index contributed by atoms with van der Waals surface area (Å²) in [5.74, 6) is 1.12. The number of hydrogen-bond acceptors (Lipinski definition) is 3. The lowest BCUT2D eigenvalue weighted by atomic mass is 10.1. The summed E-state index contributed by atoms with van der Waals surface area (Å²) in [7, 11) is 0. The Labute approximate surface area is 99.0 Å². The molecule has 0 aliphatic rings. The molecule has 2 aromatic rings. The van der Waals surface area contributed by atoms with Crippen LogP contribution in [0.2, 0.25) is 5.02 Å². The van der Waals surface area contributed by atoms with Crippen LogP contribution in [0.15, 0.2) is 30.5 Å². The number of ether oxygens (including phenoxy) is 1. The molecule has 0 amide bonds. The fraction of sp³-hybridized carbons (Fsp3) is 0.167. The summed E-state index contributed by atoms with van der Waals surface area (Å²) >= 11 is 5.95. The van der Waals surface area contributed by atoms with E-state index in [1.165, 1.54) is 6.20 Å². The van der Waals surface area contributed by atoms with Crippen LogP contribution >= 0.6 is 11.6 Å². The van der Waals surface area contributed by atoms with Crippen molar-refractivity contribution in [1.29, 1.82) is 0 Å². The maximum absolute atomic E-state index is 5.95. The molecule has 2 rings (SSSR count). The lowest BCUT2D eigenvalue weighted by molar-refractivity contribution is 0.449. The molecule has 0 radical (unpaired) electrons. The van der Waals surface area contributed by atoms with E-state index in [2.05, 4.69) is 10.2 Å². The molecule has 0 aliphatic carbocycles. The highest BCUT2D eigenvalue weighted by Crippen LogP contribution is 2.30. The van der Waals surface area contributed by atoms with E-state index >= 15 is 0 Å². The van der Waals surface area contributed by atoms with E-state index in [1.807, 2.05) is 32.0 Å². The van der Waals surface area contributed by atoms with Gasteiger partial charge in [0.05, 0.1) is 6.20 Å². The Morgan fingerprint density at radius 2 is 1.81 bits per heavy atom. The van der Waals surface area contributed by atoms with Gasteiger partial charge in [-0.1, -0.05) is 29.8 Å². The minimum atomic E-state index is 0.335. The molecule has 0 N–H and O–H groups in total. The first kappa shape index (κ1) is 10.9. The number of para-hydroxylation sites is 1. The quantitative estimate of drug-likeness (QED) is 0.797. The molecular weight excluding hydrogens is 224 g/mol. The average molecular weight is 235 g/mol. The normalized spacial score (nSPS) is 10.2. The molecule has 1 aromatic heterocycles. The van der Waals surface area contributed by atoms with Gasteiger partial charge in [-0.25, -0.2) is 0 Å². The first-order valence-corrected chi connectivity index (χ1v) is 5.27. The van der Waals surface area contributed by atoms with Crippen LogP contribution in [0.5, 0.6) is 11.6 Å². The van der Waals surface area contributed by atoms with Crippen LogP contribution in [0.25, 0.3) is 0 Å². The highest BCUT2D eigenvalue weighted by atomic mass is 35.5. The number of benzene rings is 1. The molecule has 0 bridgehead atoms. The van der Waals surface area contributed by atoms with Crippen LogP contribution < -0.4 is 4.74 Å². The zero-order chi connectivity index (χ0) is 11.5. The van der Waals surface area contributed by atoms with Crippen LogP contribution in [0.4, 0.5) is 0 Å². The van der Waals surface area contributed by atoms with Gasteiger partial charge in [-0.3, -0.25) is 0 Å². The minimum Gasteiger partial charge on any atom is -0.436 e. The van der Waals surface area contributed by atoms with Gasteiger partial charge in [0.2, 0.25) is 0 Å². The van der Waals surface area contributed by atoms with Crippen LogP contribution in [0.1, 0.15) is 11.1 Å². The van der Waals surface area contributed by atoms with Crippen molar-refractivity contribution in [2.75, 3.05) is 0 Å². The van der Waals surface area contributed by atoms with Crippen LogP contribution in [-0.4, -0.2) is 10.2 Å². The van der Waals surface area contributed by atoms with E-state index in [1.54, 1.807) is 6.07 Å². The van der Waals surface area contributed by atoms with E-state index in [4.69, 9.17) is 16.3 Å². The molecule has 82 valence electrons. The van der Waals surface area contributed by atoms with Crippen LogP contribution in [0.3, 0.4) is 0 Å². The molecule has 0 aliphatic heterocycles. The summed E-state index contributed by atoms with van der Waals surface area (Å²) in [5, 5.41) is 8.05. The number of rotatable bonds is 2. The molecule has 0 spiro atoms. The predicted octanol–water partition coefficient (Wildman–Crippen LogP) is 3.54. The van der Waals surface area contributed by atoms with Crippen molar-refractivity contribution in [1.82, 2.24) is 10.2 Å². The van der Waals surface area contributed by atoms with Gasteiger partial charge in [0.1, 0.15) is 10.8 Å². The Morgan fingerprint density at radius 1 is 1.12 bits per heavy atom. The third kappa shape index (κ3) is 2.14. The number of aromatic nitrogens is 2. The fourth-order valence-electron chi connectivity index (χ4n) is 1.43. The van der Waals surface area contributed by atoms with Crippen LogP contribution in [-0.2, 0) is 0 Å². The molecule has 3 nitrogen and oxygen atoms in total. The average Bonchev–Trinajstić information content (AvgIpc) is 2.26. The Balaban J connectivity index is 2.38. The summed E-state index contributed by atoms with van der Waals surface area (Å²) in [6, 6.07) is 7.59. The maximum atomic E-state index is 5.95. The molecule has 0 atom stereocenters. The smallest absolute Gasteiger partial charge is 0.257 e. The number of hydrogen-bond donors (Lipinski definition) is 0. The van der Waals surface area contributed by atoms with Gasteiger partial charge in [0.15, 0.2) is 0 Å². The summed E-state index contributed by atoms with van der Waals surface area (Å²) in [4.78, 5) is 0. The largest absolute Gasteiger partial charge is 0.436 e. The third-order valence-corrected chi connectivity index (χ3v) is 2.54. The third-order valence-electron chi connectivity index (χ3n) is 2.25. The monoisotopic (exact) mass is 234 g/mol. The van der Waals surface area contributed by atoms with Crippen molar-refractivity contribution in [3.05, 3.63) is 46.6 Å². The van der Waals surface area contributed by atoms with E-state index < -0.39 is 0 Å². The van der Waals surface area contributed by atoms with Gasteiger partial charge in [-0.05, 0) is 31.0 Å². The lowest BCUT2D eigenvalue weighted by Crippen LogP contribution is -1.94. The summed E-state index contributed by atoms with van der Waals surface area (Å²) in [5.41, 5.74) is 2.09. The zero-order valence-corrected chi connectivity index (χ0v) is 9.82. The molecule has 16 heavy (non-hydrogen) atoms.